The van der Waals surface area contributed by atoms with Crippen molar-refractivity contribution in [2.24, 2.45) is 0 Å². The Morgan fingerprint density at radius 3 is 2.39 bits per heavy atom. The minimum absolute atomic E-state index is 0.332. The molecule has 0 saturated heterocycles. The van der Waals surface area contributed by atoms with Gasteiger partial charge in [0.1, 0.15) is 0 Å². The van der Waals surface area contributed by atoms with Gasteiger partial charge in [-0.15, -0.1) is 0 Å². The Morgan fingerprint density at radius 2 is 1.83 bits per heavy atom. The Bertz CT molecular complexity index is 488. The lowest BCUT2D eigenvalue weighted by molar-refractivity contribution is 0.900. The van der Waals surface area contributed by atoms with Crippen LogP contribution in [0.15, 0.2) is 42.6 Å². The van der Waals surface area contributed by atoms with Gasteiger partial charge in [-0.2, -0.15) is 0 Å². The smallest absolute Gasteiger partial charge is 0.0450 e. The number of nitrogens with zero attached hydrogens (tertiary/aromatic N) is 1. The SMILES string of the molecule is CCc1ccc(C(Br)Cc2ccc(C)cn2)cc1. The van der Waals surface area contributed by atoms with Crippen molar-refractivity contribution in [1.29, 1.82) is 0 Å². The summed E-state index contributed by atoms with van der Waals surface area (Å²) in [7, 11) is 0. The van der Waals surface area contributed by atoms with E-state index in [-0.39, 0.29) is 0 Å². The van der Waals surface area contributed by atoms with Gasteiger partial charge in [-0.1, -0.05) is 53.2 Å². The molecular formula is C16H18BrN. The fourth-order valence-electron chi connectivity index (χ4n) is 1.88. The quantitative estimate of drug-likeness (QED) is 0.750. The van der Waals surface area contributed by atoms with Gasteiger partial charge in [0.2, 0.25) is 0 Å². The first-order chi connectivity index (χ1) is 8.69. The second-order valence-electron chi connectivity index (χ2n) is 4.59. The van der Waals surface area contributed by atoms with Crippen LogP contribution in [-0.2, 0) is 12.8 Å². The minimum atomic E-state index is 0.332. The molecule has 0 saturated carbocycles. The molecule has 0 aliphatic carbocycles. The number of aromatic nitrogens is 1. The van der Waals surface area contributed by atoms with Crippen molar-refractivity contribution in [3.63, 3.8) is 0 Å². The zero-order chi connectivity index (χ0) is 13.0. The van der Waals surface area contributed by atoms with E-state index < -0.39 is 0 Å². The number of hydrogen-bond acceptors (Lipinski definition) is 1. The number of aryl methyl sites for hydroxylation is 2. The van der Waals surface area contributed by atoms with E-state index in [0.717, 1.165) is 18.5 Å². The van der Waals surface area contributed by atoms with Gasteiger partial charge in [-0.25, -0.2) is 0 Å². The van der Waals surface area contributed by atoms with Gasteiger partial charge >= 0.3 is 0 Å². The summed E-state index contributed by atoms with van der Waals surface area (Å²) in [5, 5.41) is 0. The number of benzene rings is 1. The van der Waals surface area contributed by atoms with Crippen molar-refractivity contribution in [2.75, 3.05) is 0 Å². The highest BCUT2D eigenvalue weighted by molar-refractivity contribution is 9.09. The van der Waals surface area contributed by atoms with Gasteiger partial charge in [-0.05, 0) is 36.1 Å². The standard InChI is InChI=1S/C16H18BrN/c1-3-13-5-7-14(8-6-13)16(17)10-15-9-4-12(2)11-18-15/h4-9,11,16H,3,10H2,1-2H3. The molecule has 18 heavy (non-hydrogen) atoms. The third kappa shape index (κ3) is 3.42. The molecule has 1 aromatic heterocycles. The molecule has 0 spiro atoms. The van der Waals surface area contributed by atoms with Crippen molar-refractivity contribution in [1.82, 2.24) is 4.98 Å². The van der Waals surface area contributed by atoms with Gasteiger partial charge in [-0.3, -0.25) is 4.98 Å². The van der Waals surface area contributed by atoms with Crippen LogP contribution in [0, 0.1) is 6.92 Å². The molecule has 1 unspecified atom stereocenters. The molecule has 94 valence electrons. The van der Waals surface area contributed by atoms with Crippen LogP contribution in [0.5, 0.6) is 0 Å². The van der Waals surface area contributed by atoms with E-state index in [0.29, 0.717) is 4.83 Å². The summed E-state index contributed by atoms with van der Waals surface area (Å²) in [6, 6.07) is 13.0. The maximum atomic E-state index is 4.45. The monoisotopic (exact) mass is 303 g/mol. The minimum Gasteiger partial charge on any atom is -0.261 e. The summed E-state index contributed by atoms with van der Waals surface area (Å²) in [5.41, 5.74) is 5.03. The van der Waals surface area contributed by atoms with Crippen LogP contribution in [0.2, 0.25) is 0 Å². The van der Waals surface area contributed by atoms with E-state index >= 15 is 0 Å². The molecule has 2 aromatic rings. The third-order valence-corrected chi connectivity index (χ3v) is 3.96. The normalized spacial score (nSPS) is 12.4. The molecule has 2 heteroatoms. The van der Waals surface area contributed by atoms with Crippen LogP contribution >= 0.6 is 15.9 Å². The number of pyridine rings is 1. The highest BCUT2D eigenvalue weighted by atomic mass is 79.9. The van der Waals surface area contributed by atoms with E-state index in [4.69, 9.17) is 0 Å². The molecular weight excluding hydrogens is 286 g/mol. The second-order valence-corrected chi connectivity index (χ2v) is 5.70. The molecule has 0 amide bonds. The van der Waals surface area contributed by atoms with E-state index in [1.807, 2.05) is 6.20 Å². The van der Waals surface area contributed by atoms with Gasteiger partial charge in [0.15, 0.2) is 0 Å². The van der Waals surface area contributed by atoms with Crippen molar-refractivity contribution in [3.8, 4) is 0 Å². The van der Waals surface area contributed by atoms with Crippen LogP contribution in [-0.4, -0.2) is 4.98 Å². The maximum absolute atomic E-state index is 4.45. The Kier molecular flexibility index (Phi) is 4.54. The van der Waals surface area contributed by atoms with Crippen LogP contribution in [0.25, 0.3) is 0 Å². The summed E-state index contributed by atoms with van der Waals surface area (Å²) in [4.78, 5) is 4.78. The fraction of sp³-hybridized carbons (Fsp3) is 0.312. The van der Waals surface area contributed by atoms with Crippen molar-refractivity contribution in [2.45, 2.75) is 31.5 Å². The molecule has 1 aromatic carbocycles. The molecule has 2 rings (SSSR count). The van der Waals surface area contributed by atoms with Gasteiger partial charge in [0.25, 0.3) is 0 Å². The first-order valence-corrected chi connectivity index (χ1v) is 7.25. The van der Waals surface area contributed by atoms with Gasteiger partial charge < -0.3 is 0 Å². The molecule has 0 bridgehead atoms. The van der Waals surface area contributed by atoms with Crippen LogP contribution < -0.4 is 0 Å². The highest BCUT2D eigenvalue weighted by Gasteiger charge is 2.09. The Labute approximate surface area is 117 Å². The average Bonchev–Trinajstić information content (AvgIpc) is 2.41. The van der Waals surface area contributed by atoms with Gasteiger partial charge in [0.05, 0.1) is 0 Å². The molecule has 0 fully saturated rings. The Morgan fingerprint density at radius 1 is 1.11 bits per heavy atom. The number of rotatable bonds is 4. The first kappa shape index (κ1) is 13.3. The lowest BCUT2D eigenvalue weighted by Gasteiger charge is -2.10. The summed E-state index contributed by atoms with van der Waals surface area (Å²) < 4.78 is 0. The molecule has 0 radical (unpaired) electrons. The first-order valence-electron chi connectivity index (χ1n) is 6.33. The van der Waals surface area contributed by atoms with Crippen molar-refractivity contribution < 1.29 is 0 Å². The highest BCUT2D eigenvalue weighted by Crippen LogP contribution is 2.26. The summed E-state index contributed by atoms with van der Waals surface area (Å²) >= 11 is 3.75. The van der Waals surface area contributed by atoms with E-state index in [9.17, 15) is 0 Å². The number of alkyl halides is 1. The molecule has 1 nitrogen and oxygen atoms in total. The zero-order valence-corrected chi connectivity index (χ0v) is 12.4. The van der Waals surface area contributed by atoms with Crippen molar-refractivity contribution in [3.05, 3.63) is 65.0 Å². The lowest BCUT2D eigenvalue weighted by Crippen LogP contribution is -1.98. The predicted octanol–water partition coefficient (Wildman–Crippen LogP) is 4.63. The van der Waals surface area contributed by atoms with E-state index in [1.54, 1.807) is 0 Å². The maximum Gasteiger partial charge on any atom is 0.0450 e. The summed E-state index contributed by atoms with van der Waals surface area (Å²) in [6.07, 6.45) is 3.94. The fourth-order valence-corrected chi connectivity index (χ4v) is 2.52. The van der Waals surface area contributed by atoms with E-state index in [1.165, 1.54) is 16.7 Å². The van der Waals surface area contributed by atoms with Crippen LogP contribution in [0.3, 0.4) is 0 Å². The summed E-state index contributed by atoms with van der Waals surface area (Å²) in [5.74, 6) is 0. The average molecular weight is 304 g/mol. The van der Waals surface area contributed by atoms with Gasteiger partial charge in [0, 0.05) is 23.1 Å². The third-order valence-electron chi connectivity index (χ3n) is 3.11. The number of hydrogen-bond donors (Lipinski definition) is 0. The molecule has 1 atom stereocenters. The number of halogens is 1. The Balaban J connectivity index is 2.06. The van der Waals surface area contributed by atoms with Crippen molar-refractivity contribution >= 4 is 15.9 Å². The Hall–Kier alpha value is -1.15. The second kappa shape index (κ2) is 6.14. The topological polar surface area (TPSA) is 12.9 Å². The molecule has 0 N–H and O–H groups in total. The van der Waals surface area contributed by atoms with Crippen LogP contribution in [0.1, 0.15) is 34.1 Å². The lowest BCUT2D eigenvalue weighted by atomic mass is 10.0. The largest absolute Gasteiger partial charge is 0.261 e. The molecule has 0 aliphatic rings. The van der Waals surface area contributed by atoms with E-state index in [2.05, 4.69) is 71.2 Å². The molecule has 0 aliphatic heterocycles. The summed E-state index contributed by atoms with van der Waals surface area (Å²) in [6.45, 7) is 4.24. The predicted molar refractivity (Wildman–Crippen MR) is 80.2 cm³/mol. The molecule has 1 heterocycles. The zero-order valence-electron chi connectivity index (χ0n) is 10.9. The van der Waals surface area contributed by atoms with Crippen LogP contribution in [0.4, 0.5) is 0 Å².